The van der Waals surface area contributed by atoms with Gasteiger partial charge in [-0.05, 0) is 63.8 Å². The zero-order chi connectivity index (χ0) is 26.0. The number of methoxy groups -OCH3 is 1. The van der Waals surface area contributed by atoms with E-state index >= 15 is 0 Å². The van der Waals surface area contributed by atoms with Crippen LogP contribution >= 0.6 is 0 Å². The molecule has 192 valence electrons. The fourth-order valence-corrected chi connectivity index (χ4v) is 3.83. The maximum absolute atomic E-state index is 12.3. The first kappa shape index (κ1) is 27.0. The Kier molecular flexibility index (Phi) is 9.71. The molecule has 3 rings (SSSR count). The van der Waals surface area contributed by atoms with Gasteiger partial charge in [0.1, 0.15) is 17.9 Å². The minimum atomic E-state index is -0.571. The number of nitrogens with one attached hydrogen (secondary N) is 1. The molecule has 8 heteroatoms. The van der Waals surface area contributed by atoms with E-state index in [0.29, 0.717) is 24.5 Å². The number of amides is 1. The second kappa shape index (κ2) is 12.9. The number of rotatable bonds is 7. The Balaban J connectivity index is 1.54. The zero-order valence-electron chi connectivity index (χ0n) is 21.5. The summed E-state index contributed by atoms with van der Waals surface area (Å²) >= 11 is 0. The van der Waals surface area contributed by atoms with Gasteiger partial charge in [0, 0.05) is 25.6 Å². The summed E-state index contributed by atoms with van der Waals surface area (Å²) in [6, 6.07) is 13.2. The maximum Gasteiger partial charge on any atom is 0.407 e. The molecule has 0 radical (unpaired) electrons. The van der Waals surface area contributed by atoms with Gasteiger partial charge in [0.25, 0.3) is 0 Å². The number of piperidine rings is 1. The third-order valence-electron chi connectivity index (χ3n) is 5.47. The minimum Gasteiger partial charge on any atom is -0.486 e. The van der Waals surface area contributed by atoms with Gasteiger partial charge in [-0.25, -0.2) is 14.6 Å². The quantitative estimate of drug-likeness (QED) is 0.457. The molecule has 1 fully saturated rings. The monoisotopic (exact) mass is 493 g/mol. The number of likely N-dealkylation sites (tertiary alicyclic amines) is 1. The maximum atomic E-state index is 12.3. The second-order valence-corrected chi connectivity index (χ2v) is 9.65. The number of hydrogen-bond acceptors (Lipinski definition) is 7. The molecule has 1 atom stereocenters. The molecule has 8 nitrogen and oxygen atoms in total. The van der Waals surface area contributed by atoms with Crippen molar-refractivity contribution in [1.82, 2.24) is 15.2 Å². The van der Waals surface area contributed by atoms with Crippen LogP contribution in [0.2, 0.25) is 0 Å². The van der Waals surface area contributed by atoms with E-state index in [1.165, 1.54) is 7.11 Å². The van der Waals surface area contributed by atoms with Crippen LogP contribution in [0.15, 0.2) is 42.5 Å². The molecule has 0 saturated carbocycles. The highest BCUT2D eigenvalue weighted by Gasteiger charge is 2.24. The van der Waals surface area contributed by atoms with Crippen molar-refractivity contribution in [2.45, 2.75) is 58.3 Å². The van der Waals surface area contributed by atoms with Crippen LogP contribution in [0.5, 0.6) is 5.75 Å². The Bertz CT molecular complexity index is 1090. The summed E-state index contributed by atoms with van der Waals surface area (Å²) in [6.07, 6.45) is 2.20. The molecule has 36 heavy (non-hydrogen) atoms. The summed E-state index contributed by atoms with van der Waals surface area (Å²) < 4.78 is 16.1. The summed E-state index contributed by atoms with van der Waals surface area (Å²) in [4.78, 5) is 31.0. The molecule has 1 aromatic heterocycles. The van der Waals surface area contributed by atoms with Crippen molar-refractivity contribution in [3.8, 4) is 17.6 Å². The van der Waals surface area contributed by atoms with Gasteiger partial charge >= 0.3 is 12.1 Å². The minimum absolute atomic E-state index is 0.0641. The number of carbonyl (C=O) groups excluding carboxylic acids is 2. The highest BCUT2D eigenvalue weighted by molar-refractivity contribution is 5.90. The molecule has 1 aliphatic heterocycles. The van der Waals surface area contributed by atoms with Gasteiger partial charge in [-0.2, -0.15) is 0 Å². The third kappa shape index (κ3) is 8.90. The van der Waals surface area contributed by atoms with Crippen molar-refractivity contribution < 1.29 is 23.8 Å². The van der Waals surface area contributed by atoms with Crippen LogP contribution in [0.1, 0.15) is 61.8 Å². The van der Waals surface area contributed by atoms with Crippen LogP contribution < -0.4 is 10.1 Å². The van der Waals surface area contributed by atoms with Crippen LogP contribution in [0.4, 0.5) is 4.79 Å². The number of nitrogens with zero attached hydrogens (tertiary/aromatic N) is 2. The topological polar surface area (TPSA) is 90.0 Å². The molecule has 2 heterocycles. The van der Waals surface area contributed by atoms with E-state index in [1.54, 1.807) is 12.1 Å². The number of hydrogen-bond donors (Lipinski definition) is 1. The summed E-state index contributed by atoms with van der Waals surface area (Å²) in [6.45, 7) is 8.39. The van der Waals surface area contributed by atoms with Gasteiger partial charge in [-0.15, -0.1) is 0 Å². The standard InChI is InChI=1S/C28H35N3O5/c1-28(2,3)36-27(33)30-23-14-10-18-31(19-23)17-9-8-13-22-15-16-24(25(29-22)26(32)34-4)35-20-21-11-6-5-7-12-21/h5-7,11-12,15-16,23H,9-10,14,17-20H2,1-4H3,(H,30,33). The molecule has 1 saturated heterocycles. The van der Waals surface area contributed by atoms with Crippen molar-refractivity contribution in [2.75, 3.05) is 26.7 Å². The largest absolute Gasteiger partial charge is 0.486 e. The Labute approximate surface area is 213 Å². The number of esters is 1. The Morgan fingerprint density at radius 2 is 1.94 bits per heavy atom. The molecule has 1 aliphatic rings. The van der Waals surface area contributed by atoms with E-state index in [2.05, 4.69) is 27.0 Å². The smallest absolute Gasteiger partial charge is 0.407 e. The van der Waals surface area contributed by atoms with Crippen molar-refractivity contribution in [3.05, 3.63) is 59.4 Å². The third-order valence-corrected chi connectivity index (χ3v) is 5.47. The molecule has 1 unspecified atom stereocenters. The summed E-state index contributed by atoms with van der Waals surface area (Å²) in [5, 5.41) is 2.97. The first-order chi connectivity index (χ1) is 17.2. The first-order valence-electron chi connectivity index (χ1n) is 12.2. The van der Waals surface area contributed by atoms with Crippen LogP contribution in [0.25, 0.3) is 0 Å². The van der Waals surface area contributed by atoms with Crippen LogP contribution in [0.3, 0.4) is 0 Å². The second-order valence-electron chi connectivity index (χ2n) is 9.65. The lowest BCUT2D eigenvalue weighted by Gasteiger charge is -2.33. The molecular weight excluding hydrogens is 458 g/mol. The average Bonchev–Trinajstić information content (AvgIpc) is 2.85. The summed E-state index contributed by atoms with van der Waals surface area (Å²) in [5.41, 5.74) is 1.05. The van der Waals surface area contributed by atoms with Crippen LogP contribution in [-0.2, 0) is 16.1 Å². The van der Waals surface area contributed by atoms with Crippen molar-refractivity contribution in [2.24, 2.45) is 0 Å². The molecule has 1 N–H and O–H groups in total. The molecule has 1 amide bonds. The van der Waals surface area contributed by atoms with E-state index in [4.69, 9.17) is 14.2 Å². The summed E-state index contributed by atoms with van der Waals surface area (Å²) in [5.74, 6) is 5.95. The number of alkyl carbamates (subject to hydrolysis) is 1. The molecule has 0 spiro atoms. The molecule has 0 aliphatic carbocycles. The molecule has 1 aromatic carbocycles. The van der Waals surface area contributed by atoms with Gasteiger partial charge in [0.05, 0.1) is 7.11 Å². The number of pyridine rings is 1. The fraction of sp³-hybridized carbons (Fsp3) is 0.464. The van der Waals surface area contributed by atoms with Crippen molar-refractivity contribution in [3.63, 3.8) is 0 Å². The summed E-state index contributed by atoms with van der Waals surface area (Å²) in [7, 11) is 1.31. The van der Waals surface area contributed by atoms with Gasteiger partial charge < -0.3 is 24.4 Å². The van der Waals surface area contributed by atoms with Crippen LogP contribution in [0, 0.1) is 11.8 Å². The fourth-order valence-electron chi connectivity index (χ4n) is 3.83. The number of benzene rings is 1. The number of ether oxygens (including phenoxy) is 3. The van der Waals surface area contributed by atoms with Gasteiger partial charge in [0.2, 0.25) is 0 Å². The van der Waals surface area contributed by atoms with E-state index in [9.17, 15) is 9.59 Å². The number of aromatic nitrogens is 1. The predicted molar refractivity (Wildman–Crippen MR) is 137 cm³/mol. The predicted octanol–water partition coefficient (Wildman–Crippen LogP) is 4.18. The zero-order valence-corrected chi connectivity index (χ0v) is 21.5. The Hall–Kier alpha value is -3.57. The van der Waals surface area contributed by atoms with E-state index < -0.39 is 11.6 Å². The van der Waals surface area contributed by atoms with E-state index in [0.717, 1.165) is 38.0 Å². The van der Waals surface area contributed by atoms with Gasteiger partial charge in [-0.1, -0.05) is 36.3 Å². The molecular formula is C28H35N3O5. The van der Waals surface area contributed by atoms with E-state index in [-0.39, 0.29) is 17.8 Å². The average molecular weight is 494 g/mol. The molecule has 0 bridgehead atoms. The lowest BCUT2D eigenvalue weighted by molar-refractivity contribution is 0.0472. The Morgan fingerprint density at radius 3 is 2.67 bits per heavy atom. The lowest BCUT2D eigenvalue weighted by Crippen LogP contribution is -2.49. The van der Waals surface area contributed by atoms with Crippen molar-refractivity contribution >= 4 is 12.1 Å². The SMILES string of the molecule is COC(=O)c1nc(C#CCCN2CCCC(NC(=O)OC(C)(C)C)C2)ccc1OCc1ccccc1. The lowest BCUT2D eigenvalue weighted by atomic mass is 10.1. The highest BCUT2D eigenvalue weighted by Crippen LogP contribution is 2.20. The van der Waals surface area contributed by atoms with E-state index in [1.807, 2.05) is 51.1 Å². The normalized spacial score (nSPS) is 15.8. The first-order valence-corrected chi connectivity index (χ1v) is 12.2. The van der Waals surface area contributed by atoms with Gasteiger partial charge in [0.15, 0.2) is 11.4 Å². The van der Waals surface area contributed by atoms with Gasteiger partial charge in [-0.3, -0.25) is 0 Å². The van der Waals surface area contributed by atoms with Crippen molar-refractivity contribution in [1.29, 1.82) is 0 Å². The molecule has 2 aromatic rings. The Morgan fingerprint density at radius 1 is 1.17 bits per heavy atom. The number of carbonyl (C=O) groups is 2. The van der Waals surface area contributed by atoms with Crippen LogP contribution in [-0.4, -0.2) is 60.3 Å². The highest BCUT2D eigenvalue weighted by atomic mass is 16.6.